The zero-order valence-electron chi connectivity index (χ0n) is 13.7. The summed E-state index contributed by atoms with van der Waals surface area (Å²) in [5, 5.41) is 3.05. The Morgan fingerprint density at radius 3 is 2.27 bits per heavy atom. The van der Waals surface area contributed by atoms with Crippen molar-refractivity contribution in [1.82, 2.24) is 0 Å². The van der Waals surface area contributed by atoms with E-state index >= 15 is 0 Å². The van der Waals surface area contributed by atoms with Crippen LogP contribution in [0.3, 0.4) is 0 Å². The highest BCUT2D eigenvalue weighted by Gasteiger charge is 2.08. The maximum absolute atomic E-state index is 12.1. The van der Waals surface area contributed by atoms with E-state index in [-0.39, 0.29) is 5.91 Å². The Balaban J connectivity index is 1.90. The summed E-state index contributed by atoms with van der Waals surface area (Å²) in [4.78, 5) is 12.1. The van der Waals surface area contributed by atoms with Gasteiger partial charge in [-0.25, -0.2) is 0 Å². The van der Waals surface area contributed by atoms with E-state index in [9.17, 15) is 4.79 Å². The van der Waals surface area contributed by atoms with Gasteiger partial charge in [0.15, 0.2) is 0 Å². The number of carbonyl (C=O) groups is 1. The molecule has 2 nitrogen and oxygen atoms in total. The third kappa shape index (κ3) is 4.38. The average molecular weight is 313 g/mol. The number of benzene rings is 2. The minimum atomic E-state index is 0.0636. The summed E-state index contributed by atoms with van der Waals surface area (Å²) in [6.07, 6.45) is 0. The number of amides is 1. The second-order valence-corrected chi connectivity index (χ2v) is 6.73. The van der Waals surface area contributed by atoms with Crippen molar-refractivity contribution in [2.75, 3.05) is 11.1 Å². The van der Waals surface area contributed by atoms with Crippen LogP contribution in [0.4, 0.5) is 5.69 Å². The second kappa shape index (κ2) is 7.50. The van der Waals surface area contributed by atoms with Crippen LogP contribution in [0.5, 0.6) is 0 Å². The summed E-state index contributed by atoms with van der Waals surface area (Å²) in [7, 11) is 0. The predicted molar refractivity (Wildman–Crippen MR) is 96.6 cm³/mol. The Morgan fingerprint density at radius 2 is 1.64 bits per heavy atom. The lowest BCUT2D eigenvalue weighted by atomic mass is 10.1. The number of carbonyl (C=O) groups excluding carboxylic acids is 1. The molecule has 2 aromatic rings. The highest BCUT2D eigenvalue weighted by Crippen LogP contribution is 2.22. The molecule has 0 unspecified atom stereocenters. The van der Waals surface area contributed by atoms with E-state index in [1.807, 2.05) is 26.0 Å². The molecule has 116 valence electrons. The molecule has 0 aliphatic rings. The van der Waals surface area contributed by atoms with Gasteiger partial charge in [0, 0.05) is 11.4 Å². The van der Waals surface area contributed by atoms with Crippen LogP contribution in [-0.2, 0) is 10.5 Å². The van der Waals surface area contributed by atoms with E-state index in [4.69, 9.17) is 0 Å². The van der Waals surface area contributed by atoms with Gasteiger partial charge in [0.1, 0.15) is 0 Å². The molecule has 0 saturated heterocycles. The van der Waals surface area contributed by atoms with Gasteiger partial charge in [-0.2, -0.15) is 0 Å². The Labute approximate surface area is 137 Å². The van der Waals surface area contributed by atoms with Gasteiger partial charge in [-0.3, -0.25) is 4.79 Å². The second-order valence-electron chi connectivity index (χ2n) is 5.74. The van der Waals surface area contributed by atoms with E-state index in [0.717, 1.165) is 22.6 Å². The van der Waals surface area contributed by atoms with E-state index in [1.54, 1.807) is 11.8 Å². The molecule has 2 rings (SSSR count). The summed E-state index contributed by atoms with van der Waals surface area (Å²) >= 11 is 1.65. The molecule has 0 aliphatic carbocycles. The van der Waals surface area contributed by atoms with Crippen LogP contribution in [0.25, 0.3) is 0 Å². The van der Waals surface area contributed by atoms with Crippen molar-refractivity contribution in [3.8, 4) is 0 Å². The molecule has 3 heteroatoms. The van der Waals surface area contributed by atoms with Gasteiger partial charge < -0.3 is 5.32 Å². The first-order valence-corrected chi connectivity index (χ1v) is 8.63. The van der Waals surface area contributed by atoms with Crippen LogP contribution in [-0.4, -0.2) is 11.7 Å². The molecule has 0 fully saturated rings. The topological polar surface area (TPSA) is 29.1 Å². The smallest absolute Gasteiger partial charge is 0.234 e. The Bertz CT molecular complexity index is 656. The lowest BCUT2D eigenvalue weighted by Crippen LogP contribution is -2.16. The normalized spacial score (nSPS) is 10.5. The lowest BCUT2D eigenvalue weighted by molar-refractivity contribution is -0.113. The first-order chi connectivity index (χ1) is 10.5. The number of nitrogens with one attached hydrogen (secondary N) is 1. The monoisotopic (exact) mass is 313 g/mol. The molecule has 2 aromatic carbocycles. The van der Waals surface area contributed by atoms with E-state index in [2.05, 4.69) is 43.4 Å². The van der Waals surface area contributed by atoms with Gasteiger partial charge in [0.25, 0.3) is 0 Å². The van der Waals surface area contributed by atoms with E-state index < -0.39 is 0 Å². The first kappa shape index (κ1) is 16.6. The van der Waals surface area contributed by atoms with Crippen LogP contribution in [0.15, 0.2) is 36.4 Å². The fourth-order valence-corrected chi connectivity index (χ4v) is 3.48. The van der Waals surface area contributed by atoms with Crippen molar-refractivity contribution in [1.29, 1.82) is 0 Å². The molecule has 1 amide bonds. The van der Waals surface area contributed by atoms with Gasteiger partial charge >= 0.3 is 0 Å². The van der Waals surface area contributed by atoms with Gasteiger partial charge in [-0.05, 0) is 49.9 Å². The Hall–Kier alpha value is -1.74. The SMILES string of the molecule is Cc1cc(C)c(NC(=O)CSCc2ccccc2C)c(C)c1. The minimum absolute atomic E-state index is 0.0636. The largest absolute Gasteiger partial charge is 0.325 e. The zero-order valence-corrected chi connectivity index (χ0v) is 14.5. The van der Waals surface area contributed by atoms with Crippen LogP contribution < -0.4 is 5.32 Å². The molecule has 0 aromatic heterocycles. The molecule has 0 saturated carbocycles. The fourth-order valence-electron chi connectivity index (χ4n) is 2.58. The fraction of sp³-hybridized carbons (Fsp3) is 0.316. The number of hydrogen-bond donors (Lipinski definition) is 1. The van der Waals surface area contributed by atoms with Crippen LogP contribution in [0.2, 0.25) is 0 Å². The number of anilines is 1. The Morgan fingerprint density at radius 1 is 1.00 bits per heavy atom. The summed E-state index contributed by atoms with van der Waals surface area (Å²) in [5.74, 6) is 1.40. The molecule has 0 bridgehead atoms. The van der Waals surface area contributed by atoms with Crippen molar-refractivity contribution < 1.29 is 4.79 Å². The highest BCUT2D eigenvalue weighted by molar-refractivity contribution is 7.99. The summed E-state index contributed by atoms with van der Waals surface area (Å²) in [6, 6.07) is 12.5. The molecule has 0 atom stereocenters. The average Bonchev–Trinajstić information content (AvgIpc) is 2.45. The number of aryl methyl sites for hydroxylation is 4. The Kier molecular flexibility index (Phi) is 5.67. The van der Waals surface area contributed by atoms with Crippen molar-refractivity contribution in [2.45, 2.75) is 33.4 Å². The molecule has 0 spiro atoms. The minimum Gasteiger partial charge on any atom is -0.325 e. The van der Waals surface area contributed by atoms with Crippen molar-refractivity contribution in [3.63, 3.8) is 0 Å². The number of thioether (sulfide) groups is 1. The number of hydrogen-bond acceptors (Lipinski definition) is 2. The molecule has 0 radical (unpaired) electrons. The van der Waals surface area contributed by atoms with Gasteiger partial charge in [0.05, 0.1) is 5.75 Å². The summed E-state index contributed by atoms with van der Waals surface area (Å²) in [6.45, 7) is 8.25. The van der Waals surface area contributed by atoms with Crippen molar-refractivity contribution in [3.05, 3.63) is 64.2 Å². The first-order valence-electron chi connectivity index (χ1n) is 7.47. The third-order valence-corrected chi connectivity index (χ3v) is 4.67. The van der Waals surface area contributed by atoms with Crippen LogP contribution in [0, 0.1) is 27.7 Å². The quantitative estimate of drug-likeness (QED) is 0.859. The van der Waals surface area contributed by atoms with Gasteiger partial charge in [-0.15, -0.1) is 11.8 Å². The number of rotatable bonds is 5. The van der Waals surface area contributed by atoms with Gasteiger partial charge in [-0.1, -0.05) is 42.0 Å². The van der Waals surface area contributed by atoms with Crippen molar-refractivity contribution in [2.24, 2.45) is 0 Å². The maximum Gasteiger partial charge on any atom is 0.234 e. The molecular weight excluding hydrogens is 290 g/mol. The lowest BCUT2D eigenvalue weighted by Gasteiger charge is -2.13. The van der Waals surface area contributed by atoms with E-state index in [1.165, 1.54) is 16.7 Å². The molecule has 0 heterocycles. The maximum atomic E-state index is 12.1. The zero-order chi connectivity index (χ0) is 16.1. The van der Waals surface area contributed by atoms with E-state index in [0.29, 0.717) is 5.75 Å². The molecule has 1 N–H and O–H groups in total. The third-order valence-electron chi connectivity index (χ3n) is 3.69. The predicted octanol–water partition coefficient (Wildman–Crippen LogP) is 4.79. The summed E-state index contributed by atoms with van der Waals surface area (Å²) < 4.78 is 0. The molecular formula is C19H23NOS. The van der Waals surface area contributed by atoms with Crippen LogP contribution in [0.1, 0.15) is 27.8 Å². The van der Waals surface area contributed by atoms with Crippen molar-refractivity contribution >= 4 is 23.4 Å². The standard InChI is InChI=1S/C19H23NOS/c1-13-9-15(3)19(16(4)10-13)20-18(21)12-22-11-17-8-6-5-7-14(17)2/h5-10H,11-12H2,1-4H3,(H,20,21). The summed E-state index contributed by atoms with van der Waals surface area (Å²) in [5.41, 5.74) is 6.99. The molecule has 22 heavy (non-hydrogen) atoms. The van der Waals surface area contributed by atoms with Gasteiger partial charge in [0.2, 0.25) is 5.91 Å². The highest BCUT2D eigenvalue weighted by atomic mass is 32.2. The van der Waals surface area contributed by atoms with Crippen LogP contribution >= 0.6 is 11.8 Å². The molecule has 0 aliphatic heterocycles.